The molecular formula is C17H21N3O4S. The first kappa shape index (κ1) is 18.9. The van der Waals surface area contributed by atoms with E-state index in [0.717, 1.165) is 11.3 Å². The molecule has 1 aromatic heterocycles. The third-order valence-electron chi connectivity index (χ3n) is 3.75. The van der Waals surface area contributed by atoms with Crippen LogP contribution in [0.25, 0.3) is 0 Å². The van der Waals surface area contributed by atoms with Gasteiger partial charge in [-0.2, -0.15) is 0 Å². The summed E-state index contributed by atoms with van der Waals surface area (Å²) < 4.78 is 28.2. The number of hydrogen-bond donors (Lipinski definition) is 2. The summed E-state index contributed by atoms with van der Waals surface area (Å²) in [6.45, 7) is 3.85. The van der Waals surface area contributed by atoms with E-state index in [0.29, 0.717) is 6.42 Å². The highest BCUT2D eigenvalue weighted by atomic mass is 32.2. The fraction of sp³-hybridized carbons (Fsp3) is 0.294. The van der Waals surface area contributed by atoms with Gasteiger partial charge in [-0.25, -0.2) is 13.6 Å². The van der Waals surface area contributed by atoms with Crippen molar-refractivity contribution in [1.29, 1.82) is 0 Å². The van der Waals surface area contributed by atoms with E-state index in [1.807, 2.05) is 26.0 Å². The van der Waals surface area contributed by atoms with Crippen molar-refractivity contribution >= 4 is 15.9 Å². The van der Waals surface area contributed by atoms with Gasteiger partial charge in [0.25, 0.3) is 5.91 Å². The van der Waals surface area contributed by atoms with Crippen LogP contribution in [0.2, 0.25) is 0 Å². The van der Waals surface area contributed by atoms with E-state index in [1.165, 1.54) is 25.3 Å². The van der Waals surface area contributed by atoms with Crippen LogP contribution in [0, 0.1) is 6.92 Å². The molecule has 8 heteroatoms. The number of ether oxygens (including phenoxy) is 1. The highest BCUT2D eigenvalue weighted by Gasteiger charge is 2.20. The molecule has 2 rings (SSSR count). The van der Waals surface area contributed by atoms with Gasteiger partial charge in [0.05, 0.1) is 29.3 Å². The van der Waals surface area contributed by atoms with Gasteiger partial charge in [-0.3, -0.25) is 9.78 Å². The molecule has 7 nitrogen and oxygen atoms in total. The van der Waals surface area contributed by atoms with Crippen LogP contribution in [-0.2, 0) is 10.0 Å². The first-order valence-corrected chi connectivity index (χ1v) is 9.25. The molecule has 0 aliphatic heterocycles. The molecule has 0 aliphatic carbocycles. The summed E-state index contributed by atoms with van der Waals surface area (Å²) >= 11 is 0. The van der Waals surface area contributed by atoms with Crippen LogP contribution in [-0.4, -0.2) is 26.4 Å². The van der Waals surface area contributed by atoms with Crippen molar-refractivity contribution in [3.63, 3.8) is 0 Å². The quantitative estimate of drug-likeness (QED) is 0.814. The Kier molecular flexibility index (Phi) is 5.76. The number of sulfonamides is 1. The van der Waals surface area contributed by atoms with Crippen LogP contribution in [0.3, 0.4) is 0 Å². The lowest BCUT2D eigenvalue weighted by atomic mass is 10.1. The van der Waals surface area contributed by atoms with E-state index in [9.17, 15) is 13.2 Å². The molecule has 0 radical (unpaired) electrons. The lowest BCUT2D eigenvalue weighted by molar-refractivity contribution is 0.0931. The molecule has 0 aliphatic rings. The van der Waals surface area contributed by atoms with Gasteiger partial charge in [-0.15, -0.1) is 0 Å². The predicted molar refractivity (Wildman–Crippen MR) is 93.8 cm³/mol. The zero-order chi connectivity index (χ0) is 18.6. The Morgan fingerprint density at radius 1 is 1.32 bits per heavy atom. The van der Waals surface area contributed by atoms with Crippen LogP contribution in [0.15, 0.2) is 41.4 Å². The average molecular weight is 363 g/mol. The standard InChI is InChI=1S/C17H21N3O4S/c1-4-14(15-7-5-11(2)10-19-15)20-17(21)13-9-12(25(18,22)23)6-8-16(13)24-3/h5-10,14H,4H2,1-3H3,(H,20,21)(H2,18,22,23). The Morgan fingerprint density at radius 2 is 2.04 bits per heavy atom. The predicted octanol–water partition coefficient (Wildman–Crippen LogP) is 1.93. The number of rotatable bonds is 6. The highest BCUT2D eigenvalue weighted by Crippen LogP contribution is 2.23. The summed E-state index contributed by atoms with van der Waals surface area (Å²) in [6.07, 6.45) is 2.35. The maximum atomic E-state index is 12.7. The molecule has 1 heterocycles. The van der Waals surface area contributed by atoms with Crippen LogP contribution >= 0.6 is 0 Å². The van der Waals surface area contributed by atoms with E-state index >= 15 is 0 Å². The Bertz CT molecular complexity index is 864. The first-order chi connectivity index (χ1) is 11.8. The number of nitrogens with zero attached hydrogens (tertiary/aromatic N) is 1. The number of benzene rings is 1. The molecule has 0 fully saturated rings. The summed E-state index contributed by atoms with van der Waals surface area (Å²) in [6, 6.07) is 7.36. The fourth-order valence-electron chi connectivity index (χ4n) is 2.35. The summed E-state index contributed by atoms with van der Waals surface area (Å²) in [5, 5.41) is 7.99. The Morgan fingerprint density at radius 3 is 2.56 bits per heavy atom. The van der Waals surface area contributed by atoms with Crippen molar-refractivity contribution in [2.24, 2.45) is 5.14 Å². The van der Waals surface area contributed by atoms with Crippen molar-refractivity contribution < 1.29 is 17.9 Å². The van der Waals surface area contributed by atoms with E-state index in [4.69, 9.17) is 9.88 Å². The van der Waals surface area contributed by atoms with Gasteiger partial charge in [0.15, 0.2) is 0 Å². The first-order valence-electron chi connectivity index (χ1n) is 7.70. The minimum atomic E-state index is -3.92. The second-order valence-electron chi connectivity index (χ2n) is 5.60. The zero-order valence-electron chi connectivity index (χ0n) is 14.3. The van der Waals surface area contributed by atoms with Crippen LogP contribution in [0.4, 0.5) is 0 Å². The molecule has 134 valence electrons. The van der Waals surface area contributed by atoms with Gasteiger partial charge in [0.1, 0.15) is 5.75 Å². The van der Waals surface area contributed by atoms with E-state index < -0.39 is 15.9 Å². The lowest BCUT2D eigenvalue weighted by Gasteiger charge is -2.18. The van der Waals surface area contributed by atoms with Gasteiger partial charge in [0, 0.05) is 6.20 Å². The molecule has 25 heavy (non-hydrogen) atoms. The molecule has 0 bridgehead atoms. The SMILES string of the molecule is CCC(NC(=O)c1cc(S(N)(=O)=O)ccc1OC)c1ccc(C)cn1. The highest BCUT2D eigenvalue weighted by molar-refractivity contribution is 7.89. The number of nitrogens with one attached hydrogen (secondary N) is 1. The number of primary sulfonamides is 1. The maximum Gasteiger partial charge on any atom is 0.255 e. The number of nitrogens with two attached hydrogens (primary N) is 1. The summed E-state index contributed by atoms with van der Waals surface area (Å²) in [4.78, 5) is 16.8. The summed E-state index contributed by atoms with van der Waals surface area (Å²) in [5.41, 5.74) is 1.84. The maximum absolute atomic E-state index is 12.7. The number of amides is 1. The lowest BCUT2D eigenvalue weighted by Crippen LogP contribution is -2.29. The molecule has 1 amide bonds. The van der Waals surface area contributed by atoms with Gasteiger partial charge >= 0.3 is 0 Å². The normalized spacial score (nSPS) is 12.5. The average Bonchev–Trinajstić information content (AvgIpc) is 2.59. The third-order valence-corrected chi connectivity index (χ3v) is 4.66. The molecule has 1 atom stereocenters. The minimum absolute atomic E-state index is 0.0968. The molecule has 2 aromatic rings. The number of carbonyl (C=O) groups is 1. The molecule has 0 spiro atoms. The van der Waals surface area contributed by atoms with Crippen molar-refractivity contribution in [2.45, 2.75) is 31.2 Å². The Balaban J connectivity index is 2.34. The number of carbonyl (C=O) groups excluding carboxylic acids is 1. The van der Waals surface area contributed by atoms with Crippen LogP contribution < -0.4 is 15.2 Å². The van der Waals surface area contributed by atoms with Crippen molar-refractivity contribution in [3.05, 3.63) is 53.3 Å². The van der Waals surface area contributed by atoms with Crippen molar-refractivity contribution in [3.8, 4) is 5.75 Å². The number of pyridine rings is 1. The number of aromatic nitrogens is 1. The summed E-state index contributed by atoms with van der Waals surface area (Å²) in [7, 11) is -2.52. The Labute approximate surface area is 147 Å². The minimum Gasteiger partial charge on any atom is -0.496 e. The number of aryl methyl sites for hydroxylation is 1. The molecule has 1 unspecified atom stereocenters. The second-order valence-corrected chi connectivity index (χ2v) is 7.16. The molecule has 0 saturated carbocycles. The molecule has 1 aromatic carbocycles. The van der Waals surface area contributed by atoms with Gasteiger partial charge in [-0.1, -0.05) is 13.0 Å². The zero-order valence-corrected chi connectivity index (χ0v) is 15.1. The van der Waals surface area contributed by atoms with Gasteiger partial charge < -0.3 is 10.1 Å². The van der Waals surface area contributed by atoms with Gasteiger partial charge in [0.2, 0.25) is 10.0 Å². The smallest absolute Gasteiger partial charge is 0.255 e. The third kappa shape index (κ3) is 4.55. The molecule has 0 saturated heterocycles. The summed E-state index contributed by atoms with van der Waals surface area (Å²) in [5.74, 6) is -0.201. The largest absolute Gasteiger partial charge is 0.496 e. The van der Waals surface area contributed by atoms with E-state index in [-0.39, 0.29) is 22.3 Å². The molecule has 3 N–H and O–H groups in total. The van der Waals surface area contributed by atoms with E-state index in [1.54, 1.807) is 6.20 Å². The van der Waals surface area contributed by atoms with Crippen molar-refractivity contribution in [2.75, 3.05) is 7.11 Å². The van der Waals surface area contributed by atoms with Crippen molar-refractivity contribution in [1.82, 2.24) is 10.3 Å². The van der Waals surface area contributed by atoms with Crippen LogP contribution in [0.5, 0.6) is 5.75 Å². The van der Waals surface area contributed by atoms with Gasteiger partial charge in [-0.05, 0) is 43.2 Å². The van der Waals surface area contributed by atoms with E-state index in [2.05, 4.69) is 10.3 Å². The second kappa shape index (κ2) is 7.62. The Hall–Kier alpha value is -2.45. The van der Waals surface area contributed by atoms with Crippen LogP contribution in [0.1, 0.15) is 41.0 Å². The number of hydrogen-bond acceptors (Lipinski definition) is 5. The monoisotopic (exact) mass is 363 g/mol. The molecular weight excluding hydrogens is 342 g/mol. The fourth-order valence-corrected chi connectivity index (χ4v) is 2.89. The topological polar surface area (TPSA) is 111 Å². The number of methoxy groups -OCH3 is 1.